The van der Waals surface area contributed by atoms with Gasteiger partial charge in [-0.3, -0.25) is 4.79 Å². The molecule has 18 heavy (non-hydrogen) atoms. The van der Waals surface area contributed by atoms with Crippen molar-refractivity contribution in [2.45, 2.75) is 18.9 Å². The summed E-state index contributed by atoms with van der Waals surface area (Å²) < 4.78 is 0. The molecule has 1 aromatic heterocycles. The van der Waals surface area contributed by atoms with Gasteiger partial charge in [-0.2, -0.15) is 0 Å². The van der Waals surface area contributed by atoms with Gasteiger partial charge in [0.2, 0.25) is 0 Å². The van der Waals surface area contributed by atoms with E-state index in [0.717, 1.165) is 17.1 Å². The maximum absolute atomic E-state index is 10.6. The molecule has 1 heterocycles. The molecular formula is C13H15N3O2. The lowest BCUT2D eigenvalue weighted by Gasteiger charge is -2.03. The van der Waals surface area contributed by atoms with Crippen LogP contribution in [0.25, 0.3) is 0 Å². The van der Waals surface area contributed by atoms with E-state index < -0.39 is 12.0 Å². The van der Waals surface area contributed by atoms with Crippen molar-refractivity contribution < 1.29 is 9.90 Å². The summed E-state index contributed by atoms with van der Waals surface area (Å²) in [6, 6.07) is 9.05. The number of H-pyrrole nitrogens is 1. The van der Waals surface area contributed by atoms with Crippen LogP contribution in [0.4, 0.5) is 0 Å². The molecule has 2 rings (SSSR count). The van der Waals surface area contributed by atoms with Crippen molar-refractivity contribution in [2.75, 3.05) is 0 Å². The lowest BCUT2D eigenvalue weighted by atomic mass is 10.1. The Morgan fingerprint density at radius 3 is 2.78 bits per heavy atom. The molecule has 4 N–H and O–H groups in total. The van der Waals surface area contributed by atoms with Crippen molar-refractivity contribution in [2.24, 2.45) is 5.73 Å². The Hall–Kier alpha value is -2.14. The standard InChI is InChI=1S/C13H15N3O2/c14-11(13(17)18)7-10-8-15-12(16-10)6-9-4-2-1-3-5-9/h1-5,8,11H,6-7,14H2,(H,15,16)(H,17,18)/t11-/m0/s1. The summed E-state index contributed by atoms with van der Waals surface area (Å²) >= 11 is 0. The van der Waals surface area contributed by atoms with E-state index in [4.69, 9.17) is 10.8 Å². The van der Waals surface area contributed by atoms with Gasteiger partial charge < -0.3 is 15.8 Å². The number of carboxylic acid groups (broad SMARTS) is 1. The fourth-order valence-corrected chi connectivity index (χ4v) is 1.71. The molecule has 1 atom stereocenters. The molecule has 5 heteroatoms. The van der Waals surface area contributed by atoms with Crippen LogP contribution in [0.2, 0.25) is 0 Å². The zero-order chi connectivity index (χ0) is 13.0. The zero-order valence-corrected chi connectivity index (χ0v) is 9.84. The van der Waals surface area contributed by atoms with Crippen molar-refractivity contribution in [3.8, 4) is 0 Å². The molecule has 0 amide bonds. The second-order valence-electron chi connectivity index (χ2n) is 4.17. The largest absolute Gasteiger partial charge is 0.480 e. The number of imidazole rings is 1. The summed E-state index contributed by atoms with van der Waals surface area (Å²) in [4.78, 5) is 18.0. The molecule has 1 aromatic carbocycles. The number of nitrogens with one attached hydrogen (secondary N) is 1. The fraction of sp³-hybridized carbons (Fsp3) is 0.231. The topological polar surface area (TPSA) is 92.0 Å². The second-order valence-corrected chi connectivity index (χ2v) is 4.17. The van der Waals surface area contributed by atoms with Gasteiger partial charge in [0.05, 0.1) is 0 Å². The average Bonchev–Trinajstić information content (AvgIpc) is 2.77. The van der Waals surface area contributed by atoms with Crippen LogP contribution in [0.15, 0.2) is 36.5 Å². The lowest BCUT2D eigenvalue weighted by Crippen LogP contribution is -2.32. The van der Waals surface area contributed by atoms with Crippen LogP contribution in [0.1, 0.15) is 17.1 Å². The lowest BCUT2D eigenvalue weighted by molar-refractivity contribution is -0.138. The van der Waals surface area contributed by atoms with Crippen molar-refractivity contribution in [1.29, 1.82) is 0 Å². The van der Waals surface area contributed by atoms with Crippen LogP contribution in [0, 0.1) is 0 Å². The maximum Gasteiger partial charge on any atom is 0.320 e. The Kier molecular flexibility index (Phi) is 3.74. The minimum atomic E-state index is -1.01. The highest BCUT2D eigenvalue weighted by Crippen LogP contribution is 2.07. The number of benzene rings is 1. The molecule has 0 fully saturated rings. The van der Waals surface area contributed by atoms with Crippen LogP contribution in [0.3, 0.4) is 0 Å². The average molecular weight is 245 g/mol. The van der Waals surface area contributed by atoms with Gasteiger partial charge in [-0.15, -0.1) is 0 Å². The van der Waals surface area contributed by atoms with Crippen molar-refractivity contribution in [3.05, 3.63) is 53.6 Å². The first kappa shape index (κ1) is 12.3. The number of aromatic nitrogens is 2. The van der Waals surface area contributed by atoms with Crippen LogP contribution >= 0.6 is 0 Å². The van der Waals surface area contributed by atoms with E-state index in [9.17, 15) is 4.79 Å². The molecule has 2 aromatic rings. The number of carbonyl (C=O) groups is 1. The van der Waals surface area contributed by atoms with Gasteiger partial charge in [-0.25, -0.2) is 4.98 Å². The molecule has 94 valence electrons. The van der Waals surface area contributed by atoms with E-state index in [0.29, 0.717) is 6.42 Å². The van der Waals surface area contributed by atoms with E-state index in [1.165, 1.54) is 0 Å². The van der Waals surface area contributed by atoms with Gasteiger partial charge in [-0.05, 0) is 5.56 Å². The third kappa shape index (κ3) is 3.18. The van der Waals surface area contributed by atoms with Gasteiger partial charge in [0.15, 0.2) is 0 Å². The van der Waals surface area contributed by atoms with Crippen LogP contribution in [-0.2, 0) is 17.6 Å². The Bertz CT molecular complexity index is 522. The molecule has 0 aliphatic carbocycles. The number of aromatic amines is 1. The van der Waals surface area contributed by atoms with E-state index in [2.05, 4.69) is 9.97 Å². The molecular weight excluding hydrogens is 230 g/mol. The Morgan fingerprint density at radius 1 is 1.39 bits per heavy atom. The normalized spacial score (nSPS) is 12.3. The van der Waals surface area contributed by atoms with Gasteiger partial charge in [0.1, 0.15) is 11.9 Å². The van der Waals surface area contributed by atoms with Gasteiger partial charge in [0.25, 0.3) is 0 Å². The quantitative estimate of drug-likeness (QED) is 0.731. The first-order valence-electron chi connectivity index (χ1n) is 5.70. The van der Waals surface area contributed by atoms with E-state index in [1.54, 1.807) is 6.20 Å². The number of hydrogen-bond acceptors (Lipinski definition) is 3. The number of rotatable bonds is 5. The monoisotopic (exact) mass is 245 g/mol. The van der Waals surface area contributed by atoms with Crippen molar-refractivity contribution in [1.82, 2.24) is 9.97 Å². The molecule has 0 spiro atoms. The first-order chi connectivity index (χ1) is 8.65. The highest BCUT2D eigenvalue weighted by Gasteiger charge is 2.13. The van der Waals surface area contributed by atoms with Crippen molar-refractivity contribution >= 4 is 5.97 Å². The number of nitrogens with two attached hydrogens (primary N) is 1. The Balaban J connectivity index is 2.00. The SMILES string of the molecule is N[C@@H](Cc1cnc(Cc2ccccc2)[nH]1)C(=O)O. The number of hydrogen-bond donors (Lipinski definition) is 3. The minimum absolute atomic E-state index is 0.261. The van der Waals surface area contributed by atoms with E-state index in [1.807, 2.05) is 30.3 Å². The van der Waals surface area contributed by atoms with E-state index >= 15 is 0 Å². The third-order valence-corrected chi connectivity index (χ3v) is 2.65. The summed E-state index contributed by atoms with van der Waals surface area (Å²) in [7, 11) is 0. The van der Waals surface area contributed by atoms with Crippen LogP contribution in [0.5, 0.6) is 0 Å². The smallest absolute Gasteiger partial charge is 0.320 e. The summed E-state index contributed by atoms with van der Waals surface area (Å²) in [5.41, 5.74) is 7.36. The Labute approximate surface area is 105 Å². The van der Waals surface area contributed by atoms with Crippen LogP contribution in [-0.4, -0.2) is 27.1 Å². The number of nitrogens with zero attached hydrogens (tertiary/aromatic N) is 1. The molecule has 0 aliphatic heterocycles. The predicted molar refractivity (Wildman–Crippen MR) is 67.2 cm³/mol. The Morgan fingerprint density at radius 2 is 2.11 bits per heavy atom. The molecule has 0 saturated heterocycles. The van der Waals surface area contributed by atoms with Crippen molar-refractivity contribution in [3.63, 3.8) is 0 Å². The zero-order valence-electron chi connectivity index (χ0n) is 9.84. The summed E-state index contributed by atoms with van der Waals surface area (Å²) in [5.74, 6) is -0.192. The molecule has 0 aliphatic rings. The summed E-state index contributed by atoms with van der Waals surface area (Å²) in [6.07, 6.45) is 2.60. The minimum Gasteiger partial charge on any atom is -0.480 e. The van der Waals surface area contributed by atoms with Gasteiger partial charge in [-0.1, -0.05) is 30.3 Å². The van der Waals surface area contributed by atoms with Crippen LogP contribution < -0.4 is 5.73 Å². The first-order valence-corrected chi connectivity index (χ1v) is 5.70. The second kappa shape index (κ2) is 5.46. The third-order valence-electron chi connectivity index (χ3n) is 2.65. The molecule has 0 saturated carbocycles. The van der Waals surface area contributed by atoms with E-state index in [-0.39, 0.29) is 6.42 Å². The molecule has 0 bridgehead atoms. The highest BCUT2D eigenvalue weighted by molar-refractivity contribution is 5.73. The van der Waals surface area contributed by atoms with Gasteiger partial charge in [0, 0.05) is 24.7 Å². The highest BCUT2D eigenvalue weighted by atomic mass is 16.4. The fourth-order valence-electron chi connectivity index (χ4n) is 1.71. The van der Waals surface area contributed by atoms with Gasteiger partial charge >= 0.3 is 5.97 Å². The predicted octanol–water partition coefficient (Wildman–Crippen LogP) is 0.955. The number of aliphatic carboxylic acids is 1. The number of carboxylic acids is 1. The molecule has 0 radical (unpaired) electrons. The summed E-state index contributed by atoms with van der Waals surface area (Å²) in [6.45, 7) is 0. The summed E-state index contributed by atoms with van der Waals surface area (Å²) in [5, 5.41) is 8.73. The molecule has 5 nitrogen and oxygen atoms in total. The maximum atomic E-state index is 10.6. The molecule has 0 unspecified atom stereocenters.